The Morgan fingerprint density at radius 2 is 2.08 bits per heavy atom. The molecule has 2 heterocycles. The highest BCUT2D eigenvalue weighted by molar-refractivity contribution is 9.10. The van der Waals surface area contributed by atoms with Gasteiger partial charge in [-0.25, -0.2) is 9.59 Å². The van der Waals surface area contributed by atoms with Crippen LogP contribution in [-0.2, 0) is 20.8 Å². The van der Waals surface area contributed by atoms with E-state index in [0.717, 1.165) is 15.8 Å². The van der Waals surface area contributed by atoms with Gasteiger partial charge in [0, 0.05) is 6.20 Å². The van der Waals surface area contributed by atoms with Crippen molar-refractivity contribution in [2.45, 2.75) is 26.8 Å². The van der Waals surface area contributed by atoms with Crippen LogP contribution in [0.25, 0.3) is 0 Å². The van der Waals surface area contributed by atoms with E-state index >= 15 is 0 Å². The number of thiophene rings is 1. The standard InChI is InChI=1S/C16H18BrN3O5S/c1-4-5-25-15(22)12-9(2)13(16(23)24-3)26-14(12)19-11(21)8-20-7-10(17)6-18-20/h6-7H,4-5,8H2,1-3H3,(H,19,21). The van der Waals surface area contributed by atoms with E-state index in [2.05, 4.69) is 26.3 Å². The first kappa shape index (κ1) is 20.1. The van der Waals surface area contributed by atoms with Crippen LogP contribution in [0.15, 0.2) is 16.9 Å². The molecule has 2 rings (SSSR count). The first-order chi connectivity index (χ1) is 12.4. The molecular formula is C16H18BrN3O5S. The molecule has 0 saturated carbocycles. The Hall–Kier alpha value is -2.20. The van der Waals surface area contributed by atoms with Crippen LogP contribution in [0.1, 0.15) is 38.9 Å². The van der Waals surface area contributed by atoms with Gasteiger partial charge in [-0.3, -0.25) is 9.48 Å². The van der Waals surface area contributed by atoms with Crippen molar-refractivity contribution in [3.8, 4) is 0 Å². The highest BCUT2D eigenvalue weighted by atomic mass is 79.9. The minimum atomic E-state index is -0.590. The summed E-state index contributed by atoms with van der Waals surface area (Å²) in [5.41, 5.74) is 0.582. The minimum absolute atomic E-state index is 0.0421. The fourth-order valence-electron chi connectivity index (χ4n) is 2.14. The molecule has 0 saturated heterocycles. The maximum absolute atomic E-state index is 12.4. The molecule has 1 N–H and O–H groups in total. The average molecular weight is 444 g/mol. The average Bonchev–Trinajstić information content (AvgIpc) is 3.15. The van der Waals surface area contributed by atoms with Crippen molar-refractivity contribution in [2.75, 3.05) is 19.0 Å². The van der Waals surface area contributed by atoms with Gasteiger partial charge in [-0.05, 0) is 34.8 Å². The van der Waals surface area contributed by atoms with Gasteiger partial charge in [-0.1, -0.05) is 6.92 Å². The molecule has 2 aromatic rings. The van der Waals surface area contributed by atoms with Gasteiger partial charge < -0.3 is 14.8 Å². The molecule has 0 aromatic carbocycles. The van der Waals surface area contributed by atoms with Crippen LogP contribution in [0.5, 0.6) is 0 Å². The number of anilines is 1. The predicted octanol–water partition coefficient (Wildman–Crippen LogP) is 3.01. The van der Waals surface area contributed by atoms with E-state index < -0.39 is 11.9 Å². The fraction of sp³-hybridized carbons (Fsp3) is 0.375. The number of methoxy groups -OCH3 is 1. The number of rotatable bonds is 7. The molecule has 0 spiro atoms. The van der Waals surface area contributed by atoms with E-state index in [9.17, 15) is 14.4 Å². The van der Waals surface area contributed by atoms with E-state index in [-0.39, 0.29) is 34.5 Å². The Kier molecular flexibility index (Phi) is 6.92. The van der Waals surface area contributed by atoms with Crippen LogP contribution in [0.4, 0.5) is 5.00 Å². The van der Waals surface area contributed by atoms with Crippen molar-refractivity contribution in [3.63, 3.8) is 0 Å². The van der Waals surface area contributed by atoms with E-state index in [1.54, 1.807) is 19.3 Å². The maximum atomic E-state index is 12.4. The number of nitrogens with one attached hydrogen (secondary N) is 1. The lowest BCUT2D eigenvalue weighted by Crippen LogP contribution is -2.20. The molecule has 8 nitrogen and oxygen atoms in total. The van der Waals surface area contributed by atoms with Gasteiger partial charge >= 0.3 is 11.9 Å². The quantitative estimate of drug-likeness (QED) is 0.660. The molecule has 0 fully saturated rings. The van der Waals surface area contributed by atoms with Crippen molar-refractivity contribution >= 4 is 50.1 Å². The Balaban J connectivity index is 2.28. The molecule has 0 bridgehead atoms. The molecule has 0 aliphatic heterocycles. The zero-order valence-electron chi connectivity index (χ0n) is 14.5. The lowest BCUT2D eigenvalue weighted by Gasteiger charge is -2.07. The van der Waals surface area contributed by atoms with Gasteiger partial charge in [-0.15, -0.1) is 11.3 Å². The molecule has 0 unspecified atom stereocenters. The predicted molar refractivity (Wildman–Crippen MR) is 99.5 cm³/mol. The monoisotopic (exact) mass is 443 g/mol. The second-order valence-corrected chi connectivity index (χ2v) is 7.23. The first-order valence-corrected chi connectivity index (χ1v) is 9.34. The van der Waals surface area contributed by atoms with E-state index in [4.69, 9.17) is 9.47 Å². The van der Waals surface area contributed by atoms with Gasteiger partial charge in [0.25, 0.3) is 0 Å². The van der Waals surface area contributed by atoms with E-state index in [1.165, 1.54) is 11.8 Å². The third-order valence-electron chi connectivity index (χ3n) is 3.32. The summed E-state index contributed by atoms with van der Waals surface area (Å²) in [7, 11) is 1.25. The second kappa shape index (κ2) is 8.95. The van der Waals surface area contributed by atoms with Crippen molar-refractivity contribution in [2.24, 2.45) is 0 Å². The lowest BCUT2D eigenvalue weighted by atomic mass is 10.1. The van der Waals surface area contributed by atoms with Crippen LogP contribution in [-0.4, -0.2) is 41.3 Å². The van der Waals surface area contributed by atoms with Crippen molar-refractivity contribution in [1.29, 1.82) is 0 Å². The van der Waals surface area contributed by atoms with Gasteiger partial charge in [0.2, 0.25) is 5.91 Å². The molecule has 0 aliphatic rings. The summed E-state index contributed by atoms with van der Waals surface area (Å²) >= 11 is 4.23. The number of ether oxygens (including phenoxy) is 2. The molecule has 0 atom stereocenters. The number of halogens is 1. The molecule has 0 radical (unpaired) electrons. The lowest BCUT2D eigenvalue weighted by molar-refractivity contribution is -0.116. The SMILES string of the molecule is CCCOC(=O)c1c(NC(=O)Cn2cc(Br)cn2)sc(C(=O)OC)c1C. The van der Waals surface area contributed by atoms with Gasteiger partial charge in [0.15, 0.2) is 0 Å². The number of nitrogens with zero attached hydrogens (tertiary/aromatic N) is 2. The van der Waals surface area contributed by atoms with Crippen LogP contribution < -0.4 is 5.32 Å². The normalized spacial score (nSPS) is 10.5. The van der Waals surface area contributed by atoms with Crippen LogP contribution in [0.3, 0.4) is 0 Å². The van der Waals surface area contributed by atoms with Gasteiger partial charge in [-0.2, -0.15) is 5.10 Å². The minimum Gasteiger partial charge on any atom is -0.465 e. The number of esters is 2. The molecule has 26 heavy (non-hydrogen) atoms. The zero-order chi connectivity index (χ0) is 19.3. The highest BCUT2D eigenvalue weighted by Crippen LogP contribution is 2.34. The molecule has 1 amide bonds. The summed E-state index contributed by atoms with van der Waals surface area (Å²) in [6, 6.07) is 0. The molecular weight excluding hydrogens is 426 g/mol. The molecule has 140 valence electrons. The summed E-state index contributed by atoms with van der Waals surface area (Å²) in [4.78, 5) is 36.8. The van der Waals surface area contributed by atoms with Crippen LogP contribution in [0.2, 0.25) is 0 Å². The van der Waals surface area contributed by atoms with Crippen molar-refractivity contribution in [1.82, 2.24) is 9.78 Å². The molecule has 10 heteroatoms. The van der Waals surface area contributed by atoms with Crippen molar-refractivity contribution in [3.05, 3.63) is 32.9 Å². The van der Waals surface area contributed by atoms with E-state index in [0.29, 0.717) is 12.0 Å². The third kappa shape index (κ3) is 4.70. The fourth-order valence-corrected chi connectivity index (χ4v) is 3.60. The number of aromatic nitrogens is 2. The highest BCUT2D eigenvalue weighted by Gasteiger charge is 2.27. The Morgan fingerprint density at radius 3 is 2.65 bits per heavy atom. The molecule has 2 aromatic heterocycles. The summed E-state index contributed by atoms with van der Waals surface area (Å²) in [5.74, 6) is -1.55. The number of carbonyl (C=O) groups excluding carboxylic acids is 3. The smallest absolute Gasteiger partial charge is 0.348 e. The van der Waals surface area contributed by atoms with Crippen LogP contribution in [0, 0.1) is 6.92 Å². The first-order valence-electron chi connectivity index (χ1n) is 7.74. The Morgan fingerprint density at radius 1 is 1.35 bits per heavy atom. The largest absolute Gasteiger partial charge is 0.465 e. The van der Waals surface area contributed by atoms with Crippen LogP contribution >= 0.6 is 27.3 Å². The number of carbonyl (C=O) groups is 3. The number of hydrogen-bond acceptors (Lipinski definition) is 7. The Bertz CT molecular complexity index is 830. The molecule has 0 aliphatic carbocycles. The summed E-state index contributed by atoms with van der Waals surface area (Å²) in [6.07, 6.45) is 3.87. The third-order valence-corrected chi connectivity index (χ3v) is 4.92. The van der Waals surface area contributed by atoms with Gasteiger partial charge in [0.05, 0.1) is 29.9 Å². The Labute approximate surface area is 162 Å². The zero-order valence-corrected chi connectivity index (χ0v) is 16.9. The topological polar surface area (TPSA) is 99.5 Å². The van der Waals surface area contributed by atoms with Gasteiger partial charge in [0.1, 0.15) is 16.4 Å². The summed E-state index contributed by atoms with van der Waals surface area (Å²) < 4.78 is 12.1. The van der Waals surface area contributed by atoms with Crippen molar-refractivity contribution < 1.29 is 23.9 Å². The maximum Gasteiger partial charge on any atom is 0.348 e. The second-order valence-electron chi connectivity index (χ2n) is 5.29. The summed E-state index contributed by atoms with van der Waals surface area (Å²) in [6.45, 7) is 3.69. The van der Waals surface area contributed by atoms with E-state index in [1.807, 2.05) is 6.92 Å². The number of hydrogen-bond donors (Lipinski definition) is 1. The summed E-state index contributed by atoms with van der Waals surface area (Å²) in [5, 5.41) is 6.92. The number of amides is 1.